The SMILES string of the molecule is CC(C)(C)c1cncc2c1nc(-c1[c-]ccc3c1oc1cc([Si](C)(C)C)ccc13)n2-c1ccccc1.[Ir].[c-]1ccccc1-c1ccccn1. The first-order valence-electron chi connectivity index (χ1n) is 16.3. The van der Waals surface area contributed by atoms with Gasteiger partial charge < -0.3 is 14.0 Å². The van der Waals surface area contributed by atoms with E-state index in [1.165, 1.54) is 5.19 Å². The molecular weight excluding hydrogens is 797 g/mol. The molecule has 0 unspecified atom stereocenters. The molecule has 0 atom stereocenters. The molecule has 1 radical (unpaired) electrons. The Hall–Kier alpha value is -4.68. The van der Waals surface area contributed by atoms with E-state index >= 15 is 0 Å². The molecule has 5 nitrogen and oxygen atoms in total. The molecule has 4 aromatic carbocycles. The van der Waals surface area contributed by atoms with Gasteiger partial charge in [-0.15, -0.1) is 54.1 Å². The Balaban J connectivity index is 0.000000270. The molecule has 49 heavy (non-hydrogen) atoms. The van der Waals surface area contributed by atoms with Gasteiger partial charge in [-0.05, 0) is 35.4 Å². The van der Waals surface area contributed by atoms with E-state index in [0.717, 1.165) is 66.9 Å². The second-order valence-corrected chi connectivity index (χ2v) is 19.1. The van der Waals surface area contributed by atoms with E-state index in [9.17, 15) is 0 Å². The van der Waals surface area contributed by atoms with Crippen LogP contribution in [-0.2, 0) is 25.5 Å². The van der Waals surface area contributed by atoms with E-state index in [2.05, 4.69) is 116 Å². The fraction of sp³-hybridized carbons (Fsp3) is 0.167. The van der Waals surface area contributed by atoms with Gasteiger partial charge in [-0.2, -0.15) is 0 Å². The van der Waals surface area contributed by atoms with Crippen LogP contribution in [0.15, 0.2) is 126 Å². The van der Waals surface area contributed by atoms with Crippen molar-refractivity contribution in [1.29, 1.82) is 0 Å². The van der Waals surface area contributed by atoms with E-state index in [1.807, 2.05) is 67.0 Å². The number of benzene rings is 4. The predicted octanol–water partition coefficient (Wildman–Crippen LogP) is 10.2. The molecule has 0 aliphatic rings. The molecule has 0 bridgehead atoms. The first-order chi connectivity index (χ1) is 23.1. The van der Waals surface area contributed by atoms with Gasteiger partial charge in [0.2, 0.25) is 0 Å². The van der Waals surface area contributed by atoms with Crippen molar-refractivity contribution in [3.63, 3.8) is 0 Å². The van der Waals surface area contributed by atoms with E-state index in [-0.39, 0.29) is 25.5 Å². The van der Waals surface area contributed by atoms with Gasteiger partial charge in [0.25, 0.3) is 0 Å². The van der Waals surface area contributed by atoms with Gasteiger partial charge in [-0.25, -0.2) is 0 Å². The molecule has 0 aliphatic carbocycles. The minimum Gasteiger partial charge on any atom is -0.501 e. The zero-order chi connectivity index (χ0) is 33.5. The Morgan fingerprint density at radius 3 is 2.24 bits per heavy atom. The molecule has 0 saturated heterocycles. The maximum atomic E-state index is 6.58. The molecular formula is C42H38IrN4OSi-2. The van der Waals surface area contributed by atoms with Gasteiger partial charge >= 0.3 is 0 Å². The Labute approximate surface area is 302 Å². The van der Waals surface area contributed by atoms with Crippen molar-refractivity contribution in [1.82, 2.24) is 19.5 Å². The maximum absolute atomic E-state index is 6.58. The average Bonchev–Trinajstić information content (AvgIpc) is 3.67. The van der Waals surface area contributed by atoms with Gasteiger partial charge in [-0.3, -0.25) is 9.97 Å². The van der Waals surface area contributed by atoms with E-state index in [1.54, 1.807) is 6.20 Å². The predicted molar refractivity (Wildman–Crippen MR) is 201 cm³/mol. The normalized spacial score (nSPS) is 11.7. The summed E-state index contributed by atoms with van der Waals surface area (Å²) in [7, 11) is -1.47. The van der Waals surface area contributed by atoms with Crippen molar-refractivity contribution in [3.8, 4) is 28.3 Å². The topological polar surface area (TPSA) is 56.7 Å². The number of imidazole rings is 1. The number of hydrogen-bond acceptors (Lipinski definition) is 4. The third-order valence-electron chi connectivity index (χ3n) is 8.56. The number of hydrogen-bond donors (Lipinski definition) is 0. The molecule has 4 heterocycles. The number of nitrogens with zero attached hydrogens (tertiary/aromatic N) is 4. The molecule has 0 N–H and O–H groups in total. The Kier molecular flexibility index (Phi) is 9.54. The van der Waals surface area contributed by atoms with Gasteiger partial charge in [0.1, 0.15) is 5.58 Å². The van der Waals surface area contributed by atoms with Gasteiger partial charge in [0.15, 0.2) is 0 Å². The zero-order valence-corrected chi connectivity index (χ0v) is 32.0. The first kappa shape index (κ1) is 34.2. The maximum Gasteiger partial charge on any atom is 0.120 e. The molecule has 0 saturated carbocycles. The molecule has 4 aromatic heterocycles. The van der Waals surface area contributed by atoms with Crippen LogP contribution in [0.1, 0.15) is 26.3 Å². The Bertz CT molecular complexity index is 2320. The summed E-state index contributed by atoms with van der Waals surface area (Å²) in [6.07, 6.45) is 5.64. The van der Waals surface area contributed by atoms with E-state index in [4.69, 9.17) is 9.40 Å². The Morgan fingerprint density at radius 1 is 0.776 bits per heavy atom. The summed E-state index contributed by atoms with van der Waals surface area (Å²) in [6, 6.07) is 41.4. The minimum atomic E-state index is -1.47. The van der Waals surface area contributed by atoms with Crippen LogP contribution in [0.5, 0.6) is 0 Å². The van der Waals surface area contributed by atoms with Crippen LogP contribution in [0.4, 0.5) is 0 Å². The smallest absolute Gasteiger partial charge is 0.120 e. The summed E-state index contributed by atoms with van der Waals surface area (Å²) in [5.74, 6) is 0.810. The molecule has 0 amide bonds. The third kappa shape index (κ3) is 6.79. The van der Waals surface area contributed by atoms with Gasteiger partial charge in [0, 0.05) is 49.1 Å². The molecule has 0 aliphatic heterocycles. The number of fused-ring (bicyclic) bond motifs is 4. The zero-order valence-electron chi connectivity index (χ0n) is 28.6. The standard InChI is InChI=1S/C31H30N3OSi.C11H8N.Ir/c1-31(2,3)25-18-32-19-26-28(25)33-30(34(26)20-11-8-7-9-12-20)24-14-10-13-23-22-16-15-21(36(4,5)6)17-27(22)35-29(23)24;1-2-6-10(7-3-1)11-8-4-5-9-12-11;/h7-13,15-19H,1-6H3;1-6,8-9H;/q2*-1;. The summed E-state index contributed by atoms with van der Waals surface area (Å²) in [5, 5.41) is 3.60. The largest absolute Gasteiger partial charge is 0.501 e. The number of furan rings is 1. The van der Waals surface area contributed by atoms with Crippen LogP contribution in [0.2, 0.25) is 19.6 Å². The number of rotatable bonds is 4. The first-order valence-corrected chi connectivity index (χ1v) is 19.8. The minimum absolute atomic E-state index is 0. The Morgan fingerprint density at radius 2 is 1.55 bits per heavy atom. The quantitative estimate of drug-likeness (QED) is 0.131. The third-order valence-corrected chi connectivity index (χ3v) is 10.6. The van der Waals surface area contributed by atoms with E-state index < -0.39 is 8.07 Å². The average molecular weight is 835 g/mol. The van der Waals surface area contributed by atoms with Crippen LogP contribution in [-0.4, -0.2) is 27.6 Å². The van der Waals surface area contributed by atoms with Gasteiger partial charge in [-0.1, -0.05) is 99.0 Å². The van der Waals surface area contributed by atoms with Crippen molar-refractivity contribution in [2.24, 2.45) is 0 Å². The summed E-state index contributed by atoms with van der Waals surface area (Å²) in [4.78, 5) is 14.1. The monoisotopic (exact) mass is 835 g/mol. The summed E-state index contributed by atoms with van der Waals surface area (Å²) in [5.41, 5.74) is 8.60. The molecule has 247 valence electrons. The van der Waals surface area contributed by atoms with Gasteiger partial charge in [0.05, 0.1) is 36.7 Å². The molecule has 8 aromatic rings. The summed E-state index contributed by atoms with van der Waals surface area (Å²) in [6.45, 7) is 13.7. The van der Waals surface area contributed by atoms with Crippen molar-refractivity contribution >= 4 is 46.2 Å². The molecule has 0 spiro atoms. The number of para-hydroxylation sites is 1. The van der Waals surface area contributed by atoms with Crippen LogP contribution < -0.4 is 5.19 Å². The fourth-order valence-electron chi connectivity index (χ4n) is 6.00. The number of aromatic nitrogens is 4. The molecule has 8 rings (SSSR count). The summed E-state index contributed by atoms with van der Waals surface area (Å²) < 4.78 is 8.76. The number of pyridine rings is 2. The second kappa shape index (κ2) is 13.7. The van der Waals surface area contributed by atoms with Crippen LogP contribution in [0.25, 0.3) is 61.3 Å². The molecule has 7 heteroatoms. The van der Waals surface area contributed by atoms with Crippen molar-refractivity contribution in [3.05, 3.63) is 139 Å². The van der Waals surface area contributed by atoms with Crippen LogP contribution in [0, 0.1) is 12.1 Å². The van der Waals surface area contributed by atoms with Crippen molar-refractivity contribution < 1.29 is 24.5 Å². The van der Waals surface area contributed by atoms with E-state index in [0.29, 0.717) is 0 Å². The molecule has 0 fully saturated rings. The fourth-order valence-corrected chi connectivity index (χ4v) is 7.15. The van der Waals surface area contributed by atoms with Crippen molar-refractivity contribution in [2.45, 2.75) is 45.8 Å². The van der Waals surface area contributed by atoms with Crippen LogP contribution in [0.3, 0.4) is 0 Å². The summed E-state index contributed by atoms with van der Waals surface area (Å²) >= 11 is 0. The van der Waals surface area contributed by atoms with Crippen LogP contribution >= 0.6 is 0 Å². The second-order valence-electron chi connectivity index (χ2n) is 14.1. The van der Waals surface area contributed by atoms with Crippen molar-refractivity contribution in [2.75, 3.05) is 0 Å².